The van der Waals surface area contributed by atoms with Crippen molar-refractivity contribution in [3.8, 4) is 5.75 Å². The molecule has 0 saturated heterocycles. The van der Waals surface area contributed by atoms with E-state index in [1.165, 1.54) is 19.2 Å². The lowest BCUT2D eigenvalue weighted by Gasteiger charge is -2.35. The van der Waals surface area contributed by atoms with E-state index in [1.807, 2.05) is 0 Å². The molecule has 1 fully saturated rings. The predicted molar refractivity (Wildman–Crippen MR) is 79.4 cm³/mol. The van der Waals surface area contributed by atoms with Crippen LogP contribution in [0.15, 0.2) is 24.3 Å². The van der Waals surface area contributed by atoms with Crippen molar-refractivity contribution in [3.63, 3.8) is 0 Å². The van der Waals surface area contributed by atoms with Crippen LogP contribution in [0, 0.1) is 5.92 Å². The molecule has 6 nitrogen and oxygen atoms in total. The Labute approximate surface area is 129 Å². The molecule has 0 atom stereocenters. The SMILES string of the molecule is COC(=O)C1CCC(O)(CNC(=O)c2ccccc2O)CC1. The lowest BCUT2D eigenvalue weighted by molar-refractivity contribution is -0.148. The van der Waals surface area contributed by atoms with Crippen LogP contribution in [0.1, 0.15) is 36.0 Å². The summed E-state index contributed by atoms with van der Waals surface area (Å²) in [7, 11) is 1.36. The highest BCUT2D eigenvalue weighted by Gasteiger charge is 2.36. The average molecular weight is 307 g/mol. The van der Waals surface area contributed by atoms with Crippen LogP contribution in [0.5, 0.6) is 5.75 Å². The molecule has 2 rings (SSSR count). The number of phenolic OH excluding ortho intramolecular Hbond substituents is 1. The van der Waals surface area contributed by atoms with Gasteiger partial charge in [0.05, 0.1) is 24.2 Å². The Morgan fingerprint density at radius 2 is 1.95 bits per heavy atom. The number of ether oxygens (including phenoxy) is 1. The minimum atomic E-state index is -1.02. The first-order chi connectivity index (χ1) is 10.4. The van der Waals surface area contributed by atoms with E-state index in [-0.39, 0.29) is 29.7 Å². The van der Waals surface area contributed by atoms with Crippen LogP contribution < -0.4 is 5.32 Å². The third-order valence-electron chi connectivity index (χ3n) is 4.18. The highest BCUT2D eigenvalue weighted by Crippen LogP contribution is 2.32. The standard InChI is InChI=1S/C16H21NO5/c1-22-15(20)11-6-8-16(21,9-7-11)10-17-14(19)12-4-2-3-5-13(12)18/h2-5,11,18,21H,6-10H2,1H3,(H,17,19). The Hall–Kier alpha value is -2.08. The number of nitrogens with one attached hydrogen (secondary N) is 1. The maximum atomic E-state index is 12.0. The van der Waals surface area contributed by atoms with Gasteiger partial charge in [-0.2, -0.15) is 0 Å². The molecule has 0 aliphatic heterocycles. The van der Waals surface area contributed by atoms with E-state index in [0.29, 0.717) is 25.7 Å². The van der Waals surface area contributed by atoms with E-state index >= 15 is 0 Å². The number of aliphatic hydroxyl groups is 1. The lowest BCUT2D eigenvalue weighted by Crippen LogP contribution is -2.46. The van der Waals surface area contributed by atoms with Crippen LogP contribution in [-0.4, -0.2) is 41.3 Å². The summed E-state index contributed by atoms with van der Waals surface area (Å²) in [6.07, 6.45) is 1.92. The largest absolute Gasteiger partial charge is 0.507 e. The van der Waals surface area contributed by atoms with E-state index in [2.05, 4.69) is 5.32 Å². The predicted octanol–water partition coefficient (Wildman–Crippen LogP) is 1.22. The maximum absolute atomic E-state index is 12.0. The van der Waals surface area contributed by atoms with Gasteiger partial charge in [-0.3, -0.25) is 9.59 Å². The Balaban J connectivity index is 1.88. The Morgan fingerprint density at radius 1 is 1.32 bits per heavy atom. The van der Waals surface area contributed by atoms with Gasteiger partial charge in [-0.1, -0.05) is 12.1 Å². The minimum absolute atomic E-state index is 0.0913. The number of amides is 1. The smallest absolute Gasteiger partial charge is 0.308 e. The number of methoxy groups -OCH3 is 1. The average Bonchev–Trinajstić information content (AvgIpc) is 2.53. The van der Waals surface area contributed by atoms with Crippen LogP contribution in [0.4, 0.5) is 0 Å². The second-order valence-corrected chi connectivity index (χ2v) is 5.72. The van der Waals surface area contributed by atoms with Gasteiger partial charge in [-0.05, 0) is 37.8 Å². The van der Waals surface area contributed by atoms with E-state index < -0.39 is 11.5 Å². The molecule has 0 bridgehead atoms. The maximum Gasteiger partial charge on any atom is 0.308 e. The number of benzene rings is 1. The number of carbonyl (C=O) groups excluding carboxylic acids is 2. The topological polar surface area (TPSA) is 95.9 Å². The van der Waals surface area contributed by atoms with Crippen LogP contribution in [0.2, 0.25) is 0 Å². The molecule has 1 aromatic rings. The third kappa shape index (κ3) is 3.76. The summed E-state index contributed by atoms with van der Waals surface area (Å²) in [4.78, 5) is 23.5. The number of carbonyl (C=O) groups is 2. The summed E-state index contributed by atoms with van der Waals surface area (Å²) >= 11 is 0. The van der Waals surface area contributed by atoms with Crippen LogP contribution >= 0.6 is 0 Å². The third-order valence-corrected chi connectivity index (χ3v) is 4.18. The van der Waals surface area contributed by atoms with Crippen LogP contribution in [0.3, 0.4) is 0 Å². The number of aromatic hydroxyl groups is 1. The molecule has 1 saturated carbocycles. The highest BCUT2D eigenvalue weighted by atomic mass is 16.5. The molecule has 1 aromatic carbocycles. The van der Waals surface area contributed by atoms with Gasteiger partial charge >= 0.3 is 5.97 Å². The summed E-state index contributed by atoms with van der Waals surface area (Å²) in [5.74, 6) is -0.956. The van der Waals surface area contributed by atoms with Crippen molar-refractivity contribution >= 4 is 11.9 Å². The Kier molecular flexibility index (Phi) is 5.03. The number of esters is 1. The van der Waals surface area contributed by atoms with Crippen molar-refractivity contribution in [3.05, 3.63) is 29.8 Å². The summed E-state index contributed by atoms with van der Waals surface area (Å²) < 4.78 is 4.71. The number of phenols is 1. The summed E-state index contributed by atoms with van der Waals surface area (Å²) in [6, 6.07) is 6.24. The molecule has 1 aliphatic rings. The second kappa shape index (κ2) is 6.79. The van der Waals surface area contributed by atoms with Gasteiger partial charge in [0.25, 0.3) is 5.91 Å². The zero-order chi connectivity index (χ0) is 16.2. The molecule has 0 aromatic heterocycles. The minimum Gasteiger partial charge on any atom is -0.507 e. The lowest BCUT2D eigenvalue weighted by atomic mass is 9.78. The van der Waals surface area contributed by atoms with E-state index in [0.717, 1.165) is 0 Å². The van der Waals surface area contributed by atoms with Crippen molar-refractivity contribution in [2.24, 2.45) is 5.92 Å². The molecular formula is C16H21NO5. The molecule has 22 heavy (non-hydrogen) atoms. The molecule has 0 heterocycles. The van der Waals surface area contributed by atoms with Gasteiger partial charge in [0.15, 0.2) is 0 Å². The van der Waals surface area contributed by atoms with Crippen molar-refractivity contribution < 1.29 is 24.5 Å². The normalized spacial score (nSPS) is 24.5. The zero-order valence-corrected chi connectivity index (χ0v) is 12.5. The number of rotatable bonds is 4. The summed E-state index contributed by atoms with van der Waals surface area (Å²) in [6.45, 7) is 0.0913. The van der Waals surface area contributed by atoms with Gasteiger partial charge in [0.2, 0.25) is 0 Å². The van der Waals surface area contributed by atoms with Gasteiger partial charge in [-0.15, -0.1) is 0 Å². The van der Waals surface area contributed by atoms with E-state index in [9.17, 15) is 19.8 Å². The quantitative estimate of drug-likeness (QED) is 0.727. The highest BCUT2D eigenvalue weighted by molar-refractivity contribution is 5.96. The Bertz CT molecular complexity index is 549. The molecule has 3 N–H and O–H groups in total. The van der Waals surface area contributed by atoms with Gasteiger partial charge in [0, 0.05) is 6.54 Å². The zero-order valence-electron chi connectivity index (χ0n) is 12.5. The summed E-state index contributed by atoms with van der Waals surface area (Å²) in [5, 5.41) is 22.8. The summed E-state index contributed by atoms with van der Waals surface area (Å²) in [5.41, 5.74) is -0.848. The molecule has 0 unspecified atom stereocenters. The van der Waals surface area contributed by atoms with Gasteiger partial charge in [-0.25, -0.2) is 0 Å². The molecule has 6 heteroatoms. The molecule has 120 valence electrons. The van der Waals surface area contributed by atoms with Crippen LogP contribution in [0.25, 0.3) is 0 Å². The fourth-order valence-corrected chi connectivity index (χ4v) is 2.74. The van der Waals surface area contributed by atoms with E-state index in [4.69, 9.17) is 4.74 Å². The number of hydrogen-bond acceptors (Lipinski definition) is 5. The fourth-order valence-electron chi connectivity index (χ4n) is 2.74. The van der Waals surface area contributed by atoms with Crippen LogP contribution in [-0.2, 0) is 9.53 Å². The molecule has 0 spiro atoms. The first-order valence-electron chi connectivity index (χ1n) is 7.31. The molecule has 0 radical (unpaired) electrons. The number of hydrogen-bond donors (Lipinski definition) is 3. The van der Waals surface area contributed by atoms with Crippen molar-refractivity contribution in [1.82, 2.24) is 5.32 Å². The first-order valence-corrected chi connectivity index (χ1v) is 7.31. The number of para-hydroxylation sites is 1. The molecular weight excluding hydrogens is 286 g/mol. The monoisotopic (exact) mass is 307 g/mol. The molecule has 1 aliphatic carbocycles. The first kappa shape index (κ1) is 16.3. The van der Waals surface area contributed by atoms with E-state index in [1.54, 1.807) is 12.1 Å². The second-order valence-electron chi connectivity index (χ2n) is 5.72. The van der Waals surface area contributed by atoms with Crippen molar-refractivity contribution in [1.29, 1.82) is 0 Å². The van der Waals surface area contributed by atoms with Gasteiger partial charge < -0.3 is 20.3 Å². The van der Waals surface area contributed by atoms with Crippen molar-refractivity contribution in [2.75, 3.05) is 13.7 Å². The fraction of sp³-hybridized carbons (Fsp3) is 0.500. The molecule has 1 amide bonds. The van der Waals surface area contributed by atoms with Gasteiger partial charge in [0.1, 0.15) is 5.75 Å². The Morgan fingerprint density at radius 3 is 2.55 bits per heavy atom. The van der Waals surface area contributed by atoms with Crippen molar-refractivity contribution in [2.45, 2.75) is 31.3 Å².